The Morgan fingerprint density at radius 2 is 1.91 bits per heavy atom. The molecular formula is C22H18ClN3O4S2. The van der Waals surface area contributed by atoms with Gasteiger partial charge < -0.3 is 4.74 Å². The van der Waals surface area contributed by atoms with Crippen molar-refractivity contribution in [2.24, 2.45) is 0 Å². The highest BCUT2D eigenvalue weighted by Gasteiger charge is 2.27. The molecule has 0 spiro atoms. The SMILES string of the molecule is COc1ccc2sc(N(Cc3ccccn3)C(=O)CS(=O)(=O)c3ccc(Cl)cc3)nc2c1. The zero-order chi connectivity index (χ0) is 22.7. The number of hydrogen-bond donors (Lipinski definition) is 0. The number of halogens is 1. The van der Waals surface area contributed by atoms with Crippen molar-refractivity contribution < 1.29 is 17.9 Å². The maximum absolute atomic E-state index is 13.2. The number of hydrogen-bond acceptors (Lipinski definition) is 7. The fraction of sp³-hybridized carbons (Fsp3) is 0.136. The van der Waals surface area contributed by atoms with Gasteiger partial charge in [0.2, 0.25) is 5.91 Å². The topological polar surface area (TPSA) is 89.5 Å². The molecule has 0 saturated carbocycles. The fourth-order valence-corrected chi connectivity index (χ4v) is 5.31. The second-order valence-corrected chi connectivity index (χ2v) is 10.3. The number of benzene rings is 2. The van der Waals surface area contributed by atoms with E-state index in [0.717, 1.165) is 4.70 Å². The zero-order valence-electron chi connectivity index (χ0n) is 16.9. The van der Waals surface area contributed by atoms with Crippen molar-refractivity contribution in [2.45, 2.75) is 11.4 Å². The number of pyridine rings is 1. The molecule has 2 heterocycles. The summed E-state index contributed by atoms with van der Waals surface area (Å²) in [6, 6.07) is 16.5. The Balaban J connectivity index is 1.69. The molecule has 4 aromatic rings. The van der Waals surface area contributed by atoms with Crippen LogP contribution in [0.4, 0.5) is 5.13 Å². The molecule has 164 valence electrons. The van der Waals surface area contributed by atoms with E-state index < -0.39 is 21.5 Å². The van der Waals surface area contributed by atoms with E-state index in [1.165, 1.54) is 40.5 Å². The molecule has 0 N–H and O–H groups in total. The first-order chi connectivity index (χ1) is 15.4. The lowest BCUT2D eigenvalue weighted by molar-refractivity contribution is -0.116. The van der Waals surface area contributed by atoms with Gasteiger partial charge in [0.25, 0.3) is 0 Å². The van der Waals surface area contributed by atoms with E-state index in [-0.39, 0.29) is 11.4 Å². The smallest absolute Gasteiger partial charge is 0.244 e. The predicted molar refractivity (Wildman–Crippen MR) is 125 cm³/mol. The van der Waals surface area contributed by atoms with Crippen molar-refractivity contribution in [3.05, 3.63) is 77.6 Å². The van der Waals surface area contributed by atoms with Crippen molar-refractivity contribution in [3.63, 3.8) is 0 Å². The van der Waals surface area contributed by atoms with E-state index in [0.29, 0.717) is 27.1 Å². The van der Waals surface area contributed by atoms with Crippen LogP contribution < -0.4 is 9.64 Å². The van der Waals surface area contributed by atoms with Crippen LogP contribution in [0.5, 0.6) is 5.75 Å². The lowest BCUT2D eigenvalue weighted by atomic mass is 10.3. The van der Waals surface area contributed by atoms with Crippen LogP contribution in [0.1, 0.15) is 5.69 Å². The number of amides is 1. The molecular weight excluding hydrogens is 470 g/mol. The van der Waals surface area contributed by atoms with Crippen LogP contribution in [-0.4, -0.2) is 37.2 Å². The Bertz CT molecular complexity index is 1360. The molecule has 0 aliphatic carbocycles. The van der Waals surface area contributed by atoms with E-state index >= 15 is 0 Å². The highest BCUT2D eigenvalue weighted by Crippen LogP contribution is 2.32. The summed E-state index contributed by atoms with van der Waals surface area (Å²) in [4.78, 5) is 23.5. The summed E-state index contributed by atoms with van der Waals surface area (Å²) < 4.78 is 31.8. The van der Waals surface area contributed by atoms with Crippen LogP contribution in [0.15, 0.2) is 71.8 Å². The highest BCUT2D eigenvalue weighted by molar-refractivity contribution is 7.92. The molecule has 0 unspecified atom stereocenters. The van der Waals surface area contributed by atoms with Crippen LogP contribution in [0.2, 0.25) is 5.02 Å². The number of carbonyl (C=O) groups is 1. The summed E-state index contributed by atoms with van der Waals surface area (Å²) in [5, 5.41) is 0.798. The monoisotopic (exact) mass is 487 g/mol. The van der Waals surface area contributed by atoms with E-state index in [1.54, 1.807) is 43.6 Å². The number of aromatic nitrogens is 2. The summed E-state index contributed by atoms with van der Waals surface area (Å²) in [6.07, 6.45) is 1.62. The second kappa shape index (κ2) is 9.23. The van der Waals surface area contributed by atoms with E-state index in [4.69, 9.17) is 16.3 Å². The van der Waals surface area contributed by atoms with Crippen LogP contribution in [0.3, 0.4) is 0 Å². The lowest BCUT2D eigenvalue weighted by Gasteiger charge is -2.19. The van der Waals surface area contributed by atoms with Crippen molar-refractivity contribution in [1.82, 2.24) is 9.97 Å². The molecule has 2 aromatic heterocycles. The first-order valence-electron chi connectivity index (χ1n) is 9.49. The average molecular weight is 488 g/mol. The Morgan fingerprint density at radius 1 is 1.12 bits per heavy atom. The summed E-state index contributed by atoms with van der Waals surface area (Å²) in [7, 11) is -2.31. The molecule has 4 rings (SSSR count). The highest BCUT2D eigenvalue weighted by atomic mass is 35.5. The molecule has 1 amide bonds. The second-order valence-electron chi connectivity index (χ2n) is 6.84. The largest absolute Gasteiger partial charge is 0.497 e. The number of sulfone groups is 1. The van der Waals surface area contributed by atoms with Gasteiger partial charge in [-0.1, -0.05) is 29.0 Å². The van der Waals surface area contributed by atoms with E-state index in [1.807, 2.05) is 6.07 Å². The van der Waals surface area contributed by atoms with Crippen LogP contribution in [0.25, 0.3) is 10.2 Å². The number of nitrogens with zero attached hydrogens (tertiary/aromatic N) is 3. The summed E-state index contributed by atoms with van der Waals surface area (Å²) in [5.74, 6) is -0.667. The number of carbonyl (C=O) groups excluding carboxylic acids is 1. The maximum atomic E-state index is 13.2. The van der Waals surface area contributed by atoms with Crippen molar-refractivity contribution in [2.75, 3.05) is 17.8 Å². The molecule has 10 heteroatoms. The van der Waals surface area contributed by atoms with Gasteiger partial charge in [-0.25, -0.2) is 13.4 Å². The Hall–Kier alpha value is -3.01. The number of anilines is 1. The van der Waals surface area contributed by atoms with Crippen molar-refractivity contribution >= 4 is 54.0 Å². The molecule has 0 bridgehead atoms. The molecule has 7 nitrogen and oxygen atoms in total. The van der Waals surface area contributed by atoms with Crippen LogP contribution >= 0.6 is 22.9 Å². The molecule has 0 radical (unpaired) electrons. The summed E-state index contributed by atoms with van der Waals surface area (Å²) in [6.45, 7) is 0.0900. The van der Waals surface area contributed by atoms with Gasteiger partial charge in [-0.05, 0) is 48.5 Å². The molecule has 2 aromatic carbocycles. The third kappa shape index (κ3) is 4.90. The third-order valence-electron chi connectivity index (χ3n) is 4.65. The Kier molecular flexibility index (Phi) is 6.40. The van der Waals surface area contributed by atoms with Gasteiger partial charge in [0.05, 0.1) is 34.5 Å². The lowest BCUT2D eigenvalue weighted by Crippen LogP contribution is -2.35. The molecule has 0 aliphatic rings. The molecule has 32 heavy (non-hydrogen) atoms. The van der Waals surface area contributed by atoms with Gasteiger partial charge in [-0.2, -0.15) is 0 Å². The predicted octanol–water partition coefficient (Wildman–Crippen LogP) is 4.36. The number of ether oxygens (including phenoxy) is 1. The van der Waals surface area contributed by atoms with Gasteiger partial charge in [-0.15, -0.1) is 0 Å². The van der Waals surface area contributed by atoms with Gasteiger partial charge in [-0.3, -0.25) is 14.7 Å². The normalized spacial score (nSPS) is 11.4. The van der Waals surface area contributed by atoms with Crippen LogP contribution in [0, 0.1) is 0 Å². The van der Waals surface area contributed by atoms with Gasteiger partial charge >= 0.3 is 0 Å². The minimum Gasteiger partial charge on any atom is -0.497 e. The summed E-state index contributed by atoms with van der Waals surface area (Å²) in [5.41, 5.74) is 1.27. The van der Waals surface area contributed by atoms with Crippen molar-refractivity contribution in [3.8, 4) is 5.75 Å². The number of thiazole rings is 1. The van der Waals surface area contributed by atoms with E-state index in [2.05, 4.69) is 9.97 Å². The van der Waals surface area contributed by atoms with Gasteiger partial charge in [0, 0.05) is 17.3 Å². The minimum absolute atomic E-state index is 0.0297. The number of rotatable bonds is 7. The fourth-order valence-electron chi connectivity index (χ4n) is 3.02. The third-order valence-corrected chi connectivity index (χ3v) is 7.58. The Morgan fingerprint density at radius 3 is 2.59 bits per heavy atom. The van der Waals surface area contributed by atoms with Gasteiger partial charge in [0.15, 0.2) is 15.0 Å². The first-order valence-corrected chi connectivity index (χ1v) is 12.3. The standard InChI is InChI=1S/C22H18ClN3O4S2/c1-30-17-7-10-20-19(12-17)25-22(31-20)26(13-16-4-2-3-11-24-16)21(27)14-32(28,29)18-8-5-15(23)6-9-18/h2-12H,13-14H2,1H3. The van der Waals surface area contributed by atoms with E-state index in [9.17, 15) is 13.2 Å². The molecule has 0 saturated heterocycles. The van der Waals surface area contributed by atoms with Crippen LogP contribution in [-0.2, 0) is 21.2 Å². The Labute approximate surface area is 194 Å². The quantitative estimate of drug-likeness (QED) is 0.384. The van der Waals surface area contributed by atoms with Gasteiger partial charge in [0.1, 0.15) is 11.5 Å². The molecule has 0 aliphatic heterocycles. The molecule has 0 fully saturated rings. The summed E-state index contributed by atoms with van der Waals surface area (Å²) >= 11 is 7.15. The average Bonchev–Trinajstić information content (AvgIpc) is 3.21. The zero-order valence-corrected chi connectivity index (χ0v) is 19.3. The minimum atomic E-state index is -3.88. The number of fused-ring (bicyclic) bond motifs is 1. The molecule has 0 atom stereocenters. The first kappa shape index (κ1) is 22.2. The number of methoxy groups -OCH3 is 1. The maximum Gasteiger partial charge on any atom is 0.244 e. The van der Waals surface area contributed by atoms with Crippen molar-refractivity contribution in [1.29, 1.82) is 0 Å².